The Bertz CT molecular complexity index is 1300. The summed E-state index contributed by atoms with van der Waals surface area (Å²) in [5.41, 5.74) is 2.77. The minimum absolute atomic E-state index is 0.0373. The number of hydrogen-bond donors (Lipinski definition) is 1. The average molecular weight is 433 g/mol. The van der Waals surface area contributed by atoms with Crippen molar-refractivity contribution >= 4 is 16.9 Å². The van der Waals surface area contributed by atoms with Crippen molar-refractivity contribution in [3.05, 3.63) is 48.5 Å². The van der Waals surface area contributed by atoms with E-state index in [-0.39, 0.29) is 23.8 Å². The first-order valence-electron chi connectivity index (χ1n) is 10.2. The number of Topliss-reactive ketones (excluding diaryl/α,β-unsaturated/α-hetero) is 1. The van der Waals surface area contributed by atoms with E-state index in [0.717, 1.165) is 0 Å². The van der Waals surface area contributed by atoms with Gasteiger partial charge in [0.05, 0.1) is 18.2 Å². The van der Waals surface area contributed by atoms with E-state index in [0.29, 0.717) is 52.4 Å². The Balaban J connectivity index is 1.32. The maximum absolute atomic E-state index is 14.9. The van der Waals surface area contributed by atoms with Crippen LogP contribution < -0.4 is 9.47 Å². The molecule has 0 spiro atoms. The largest absolute Gasteiger partial charge is 0.481 e. The van der Waals surface area contributed by atoms with Crippen LogP contribution in [0, 0.1) is 11.7 Å². The summed E-state index contributed by atoms with van der Waals surface area (Å²) in [5, 5.41) is 0. The predicted octanol–water partition coefficient (Wildman–Crippen LogP) is 3.98. The molecule has 0 saturated heterocycles. The van der Waals surface area contributed by atoms with Gasteiger partial charge in [-0.1, -0.05) is 6.07 Å². The second-order valence-corrected chi connectivity index (χ2v) is 7.78. The van der Waals surface area contributed by atoms with Crippen molar-refractivity contribution in [2.45, 2.75) is 25.9 Å². The van der Waals surface area contributed by atoms with Gasteiger partial charge < -0.3 is 14.5 Å². The minimum Gasteiger partial charge on any atom is -0.481 e. The van der Waals surface area contributed by atoms with Crippen molar-refractivity contribution in [2.75, 3.05) is 7.11 Å². The summed E-state index contributed by atoms with van der Waals surface area (Å²) in [6, 6.07) is 8.60. The number of benzene rings is 1. The number of aromatic nitrogens is 5. The molecule has 4 aromatic rings. The summed E-state index contributed by atoms with van der Waals surface area (Å²) in [4.78, 5) is 31.5. The summed E-state index contributed by atoms with van der Waals surface area (Å²) in [6.45, 7) is 1.60. The van der Waals surface area contributed by atoms with Gasteiger partial charge in [0.25, 0.3) is 0 Å². The number of ketones is 1. The zero-order valence-corrected chi connectivity index (χ0v) is 17.5. The fraction of sp³-hybridized carbons (Fsp3) is 0.261. The van der Waals surface area contributed by atoms with Crippen LogP contribution in [-0.4, -0.2) is 43.9 Å². The normalized spacial score (nSPS) is 17.7. The van der Waals surface area contributed by atoms with Crippen LogP contribution in [0.15, 0.2) is 42.7 Å². The van der Waals surface area contributed by atoms with Crippen LogP contribution in [0.3, 0.4) is 0 Å². The number of halogens is 1. The van der Waals surface area contributed by atoms with Gasteiger partial charge >= 0.3 is 6.01 Å². The molecule has 5 rings (SSSR count). The molecule has 1 N–H and O–H groups in total. The SMILES string of the molecule is COc1ccc2[nH]c(-c3ccc(-c4cnc(OC5CC(C(C)=O)C5)nc4)cc3F)nc2n1. The van der Waals surface area contributed by atoms with E-state index in [1.54, 1.807) is 43.6 Å². The van der Waals surface area contributed by atoms with Crippen LogP contribution in [0.25, 0.3) is 33.7 Å². The highest BCUT2D eigenvalue weighted by molar-refractivity contribution is 5.79. The summed E-state index contributed by atoms with van der Waals surface area (Å²) in [6.07, 6.45) is 4.53. The van der Waals surface area contributed by atoms with Crippen molar-refractivity contribution in [3.8, 4) is 34.4 Å². The second kappa shape index (κ2) is 7.99. The highest BCUT2D eigenvalue weighted by Gasteiger charge is 2.34. The number of pyridine rings is 1. The van der Waals surface area contributed by atoms with Crippen molar-refractivity contribution in [1.29, 1.82) is 0 Å². The van der Waals surface area contributed by atoms with Gasteiger partial charge in [-0.15, -0.1) is 0 Å². The van der Waals surface area contributed by atoms with Gasteiger partial charge in [-0.2, -0.15) is 4.98 Å². The number of imidazole rings is 1. The molecule has 1 aromatic carbocycles. The summed E-state index contributed by atoms with van der Waals surface area (Å²) in [7, 11) is 1.53. The third kappa shape index (κ3) is 3.77. The van der Waals surface area contributed by atoms with Gasteiger partial charge in [-0.3, -0.25) is 4.79 Å². The lowest BCUT2D eigenvalue weighted by Gasteiger charge is -2.32. The fourth-order valence-electron chi connectivity index (χ4n) is 3.67. The van der Waals surface area contributed by atoms with Gasteiger partial charge in [0.1, 0.15) is 23.5 Å². The van der Waals surface area contributed by atoms with Crippen molar-refractivity contribution in [2.24, 2.45) is 5.92 Å². The van der Waals surface area contributed by atoms with Crippen LogP contribution in [0.1, 0.15) is 19.8 Å². The number of hydrogen-bond acceptors (Lipinski definition) is 7. The van der Waals surface area contributed by atoms with Gasteiger partial charge in [0, 0.05) is 29.9 Å². The Morgan fingerprint density at radius 2 is 1.88 bits per heavy atom. The predicted molar refractivity (Wildman–Crippen MR) is 115 cm³/mol. The zero-order chi connectivity index (χ0) is 22.2. The van der Waals surface area contributed by atoms with E-state index < -0.39 is 5.82 Å². The van der Waals surface area contributed by atoms with Gasteiger partial charge in [0.2, 0.25) is 5.88 Å². The van der Waals surface area contributed by atoms with E-state index in [1.165, 1.54) is 13.2 Å². The second-order valence-electron chi connectivity index (χ2n) is 7.78. The van der Waals surface area contributed by atoms with Crippen molar-refractivity contribution < 1.29 is 18.7 Å². The first-order valence-corrected chi connectivity index (χ1v) is 10.2. The number of fused-ring (bicyclic) bond motifs is 1. The molecule has 0 amide bonds. The molecule has 162 valence electrons. The number of carbonyl (C=O) groups excluding carboxylic acids is 1. The average Bonchev–Trinajstić information content (AvgIpc) is 3.18. The number of H-pyrrole nitrogens is 1. The first-order chi connectivity index (χ1) is 15.5. The molecule has 0 atom stereocenters. The van der Waals surface area contributed by atoms with Gasteiger partial charge in [-0.25, -0.2) is 19.3 Å². The lowest BCUT2D eigenvalue weighted by Crippen LogP contribution is -2.37. The Morgan fingerprint density at radius 1 is 1.09 bits per heavy atom. The number of rotatable bonds is 6. The maximum Gasteiger partial charge on any atom is 0.316 e. The molecule has 0 unspecified atom stereocenters. The minimum atomic E-state index is -0.432. The molecule has 8 nitrogen and oxygen atoms in total. The van der Waals surface area contributed by atoms with Crippen LogP contribution in [0.4, 0.5) is 4.39 Å². The Labute approximate surface area is 182 Å². The van der Waals surface area contributed by atoms with E-state index in [4.69, 9.17) is 9.47 Å². The molecule has 32 heavy (non-hydrogen) atoms. The molecule has 0 radical (unpaired) electrons. The molecule has 3 aromatic heterocycles. The molecular formula is C23H20FN5O3. The lowest BCUT2D eigenvalue weighted by molar-refractivity contribution is -0.126. The number of ether oxygens (including phenoxy) is 2. The Hall–Kier alpha value is -3.88. The summed E-state index contributed by atoms with van der Waals surface area (Å²) >= 11 is 0. The number of aromatic amines is 1. The summed E-state index contributed by atoms with van der Waals surface area (Å²) in [5.74, 6) is 0.651. The number of nitrogens with zero attached hydrogens (tertiary/aromatic N) is 4. The molecule has 1 aliphatic rings. The highest BCUT2D eigenvalue weighted by Crippen LogP contribution is 2.32. The third-order valence-corrected chi connectivity index (χ3v) is 5.66. The van der Waals surface area contributed by atoms with Crippen LogP contribution in [-0.2, 0) is 4.79 Å². The quantitative estimate of drug-likeness (QED) is 0.491. The Kier molecular flexibility index (Phi) is 5.01. The van der Waals surface area contributed by atoms with Crippen molar-refractivity contribution in [1.82, 2.24) is 24.9 Å². The van der Waals surface area contributed by atoms with E-state index in [2.05, 4.69) is 24.9 Å². The number of nitrogens with one attached hydrogen (secondary N) is 1. The van der Waals surface area contributed by atoms with Crippen LogP contribution >= 0.6 is 0 Å². The molecule has 0 aliphatic heterocycles. The maximum atomic E-state index is 14.9. The van der Waals surface area contributed by atoms with Crippen molar-refractivity contribution in [3.63, 3.8) is 0 Å². The first kappa shape index (κ1) is 20.0. The smallest absolute Gasteiger partial charge is 0.316 e. The zero-order valence-electron chi connectivity index (χ0n) is 17.5. The number of methoxy groups -OCH3 is 1. The van der Waals surface area contributed by atoms with Gasteiger partial charge in [-0.05, 0) is 43.5 Å². The molecule has 9 heteroatoms. The molecule has 1 fully saturated rings. The molecule has 0 bridgehead atoms. The molecule has 1 saturated carbocycles. The lowest BCUT2D eigenvalue weighted by atomic mass is 9.80. The topological polar surface area (TPSA) is 103 Å². The third-order valence-electron chi connectivity index (χ3n) is 5.66. The number of carbonyl (C=O) groups is 1. The molecule has 3 heterocycles. The van der Waals surface area contributed by atoms with Gasteiger partial charge in [0.15, 0.2) is 5.65 Å². The van der Waals surface area contributed by atoms with E-state index >= 15 is 0 Å². The van der Waals surface area contributed by atoms with E-state index in [1.807, 2.05) is 0 Å². The monoisotopic (exact) mass is 433 g/mol. The standard InChI is InChI=1S/C23H20FN5O3/c1-12(30)14-7-16(8-14)32-23-25-10-15(11-26-23)13-3-4-17(18(24)9-13)21-27-19-5-6-20(31-2)28-22(19)29-21/h3-6,9-11,14,16H,7-8H2,1-2H3,(H,27,28,29). The van der Waals surface area contributed by atoms with E-state index in [9.17, 15) is 9.18 Å². The Morgan fingerprint density at radius 3 is 2.56 bits per heavy atom. The molecular weight excluding hydrogens is 413 g/mol. The van der Waals surface area contributed by atoms with Crippen LogP contribution in [0.2, 0.25) is 0 Å². The van der Waals surface area contributed by atoms with Crippen LogP contribution in [0.5, 0.6) is 11.9 Å². The molecule has 1 aliphatic carbocycles. The fourth-order valence-corrected chi connectivity index (χ4v) is 3.67. The summed E-state index contributed by atoms with van der Waals surface area (Å²) < 4.78 is 25.7. The highest BCUT2D eigenvalue weighted by atomic mass is 19.1.